The summed E-state index contributed by atoms with van der Waals surface area (Å²) in [6.07, 6.45) is 0.566. The molecular weight excluding hydrogens is 354 g/mol. The van der Waals surface area contributed by atoms with Gasteiger partial charge in [-0.25, -0.2) is 0 Å². The van der Waals surface area contributed by atoms with Crippen LogP contribution >= 0.6 is 31.9 Å². The van der Waals surface area contributed by atoms with Gasteiger partial charge in [0, 0.05) is 27.5 Å². The number of carbonyl (C=O) groups excluding carboxylic acids is 1. The summed E-state index contributed by atoms with van der Waals surface area (Å²) in [5.74, 6) is -1.07. The highest BCUT2D eigenvalue weighted by Crippen LogP contribution is 2.26. The number of aliphatic carboxylic acids is 1. The summed E-state index contributed by atoms with van der Waals surface area (Å²) in [5, 5.41) is 11.1. The van der Waals surface area contributed by atoms with E-state index in [0.29, 0.717) is 12.1 Å². The van der Waals surface area contributed by atoms with E-state index in [1.54, 1.807) is 12.1 Å². The zero-order valence-electron chi connectivity index (χ0n) is 8.87. The molecule has 0 fully saturated rings. The van der Waals surface area contributed by atoms with Gasteiger partial charge in [0.1, 0.15) is 0 Å². The molecule has 0 bridgehead atoms. The third kappa shape index (κ3) is 5.32. The number of benzene rings is 1. The quantitative estimate of drug-likeness (QED) is 0.841. The van der Waals surface area contributed by atoms with Crippen molar-refractivity contribution in [3.8, 4) is 0 Å². The van der Waals surface area contributed by atoms with Gasteiger partial charge in [0.15, 0.2) is 0 Å². The fourth-order valence-electron chi connectivity index (χ4n) is 1.20. The Morgan fingerprint density at radius 1 is 1.18 bits per heavy atom. The minimum atomic E-state index is -0.885. The van der Waals surface area contributed by atoms with E-state index in [0.717, 1.165) is 8.95 Å². The molecule has 0 aliphatic heterocycles. The van der Waals surface area contributed by atoms with Crippen LogP contribution in [-0.4, -0.2) is 17.0 Å². The Labute approximate surface area is 116 Å². The summed E-state index contributed by atoms with van der Waals surface area (Å²) in [6.45, 7) is 0. The number of rotatable bonds is 5. The van der Waals surface area contributed by atoms with Crippen molar-refractivity contribution >= 4 is 49.4 Å². The summed E-state index contributed by atoms with van der Waals surface area (Å²) in [7, 11) is 0. The Bertz CT molecular complexity index is 435. The van der Waals surface area contributed by atoms with E-state index in [4.69, 9.17) is 5.11 Å². The van der Waals surface area contributed by atoms with Crippen molar-refractivity contribution in [3.63, 3.8) is 0 Å². The maximum absolute atomic E-state index is 11.5. The van der Waals surface area contributed by atoms with Crippen LogP contribution in [0.2, 0.25) is 0 Å². The van der Waals surface area contributed by atoms with Crippen molar-refractivity contribution in [1.29, 1.82) is 0 Å². The number of carboxylic acids is 1. The van der Waals surface area contributed by atoms with Crippen molar-refractivity contribution in [3.05, 3.63) is 27.1 Å². The summed E-state index contributed by atoms with van der Waals surface area (Å²) in [6, 6.07) is 5.36. The Balaban J connectivity index is 2.45. The van der Waals surface area contributed by atoms with Gasteiger partial charge < -0.3 is 10.4 Å². The van der Waals surface area contributed by atoms with Crippen molar-refractivity contribution in [2.75, 3.05) is 5.32 Å². The predicted molar refractivity (Wildman–Crippen MR) is 72.0 cm³/mol. The van der Waals surface area contributed by atoms with Gasteiger partial charge in [-0.15, -0.1) is 0 Å². The van der Waals surface area contributed by atoms with Gasteiger partial charge in [-0.05, 0) is 56.5 Å². The van der Waals surface area contributed by atoms with E-state index in [9.17, 15) is 9.59 Å². The summed E-state index contributed by atoms with van der Waals surface area (Å²) < 4.78 is 1.75. The average molecular weight is 365 g/mol. The highest BCUT2D eigenvalue weighted by Gasteiger charge is 2.05. The molecule has 0 unspecified atom stereocenters. The second-order valence-corrected chi connectivity index (χ2v) is 5.13. The van der Waals surface area contributed by atoms with E-state index in [1.807, 2.05) is 6.07 Å². The standard InChI is InChI=1S/C11H11Br2NO3/c12-8-5-4-7(6-9(8)13)14-10(15)2-1-3-11(16)17/h4-6H,1-3H2,(H,14,15)(H,16,17). The molecule has 0 saturated heterocycles. The van der Waals surface area contributed by atoms with E-state index < -0.39 is 5.97 Å². The lowest BCUT2D eigenvalue weighted by Gasteiger charge is -2.05. The molecule has 6 heteroatoms. The number of amides is 1. The topological polar surface area (TPSA) is 66.4 Å². The molecule has 17 heavy (non-hydrogen) atoms. The number of carbonyl (C=O) groups is 2. The number of nitrogens with one attached hydrogen (secondary N) is 1. The van der Waals surface area contributed by atoms with Crippen LogP contribution in [0.1, 0.15) is 19.3 Å². The Morgan fingerprint density at radius 3 is 2.47 bits per heavy atom. The molecule has 0 atom stereocenters. The number of hydrogen-bond donors (Lipinski definition) is 2. The van der Waals surface area contributed by atoms with Gasteiger partial charge in [-0.3, -0.25) is 9.59 Å². The first-order valence-corrected chi connectivity index (χ1v) is 6.54. The largest absolute Gasteiger partial charge is 0.481 e. The molecule has 1 aromatic rings. The van der Waals surface area contributed by atoms with Gasteiger partial charge in [0.2, 0.25) is 5.91 Å². The maximum atomic E-state index is 11.5. The number of hydrogen-bond acceptors (Lipinski definition) is 2. The van der Waals surface area contributed by atoms with Crippen molar-refractivity contribution in [2.24, 2.45) is 0 Å². The molecule has 2 N–H and O–H groups in total. The third-order valence-electron chi connectivity index (χ3n) is 2.00. The Morgan fingerprint density at radius 2 is 1.88 bits per heavy atom. The van der Waals surface area contributed by atoms with Crippen molar-refractivity contribution in [2.45, 2.75) is 19.3 Å². The highest BCUT2D eigenvalue weighted by molar-refractivity contribution is 9.13. The summed E-state index contributed by atoms with van der Waals surface area (Å²) in [4.78, 5) is 21.7. The van der Waals surface area contributed by atoms with Crippen LogP contribution < -0.4 is 5.32 Å². The normalized spacial score (nSPS) is 10.0. The van der Waals surface area contributed by atoms with E-state index in [2.05, 4.69) is 37.2 Å². The van der Waals surface area contributed by atoms with Crippen LogP contribution in [0.3, 0.4) is 0 Å². The molecule has 1 rings (SSSR count). The lowest BCUT2D eigenvalue weighted by atomic mass is 10.2. The van der Waals surface area contributed by atoms with Crippen LogP contribution in [0.4, 0.5) is 5.69 Å². The predicted octanol–water partition coefficient (Wildman–Crippen LogP) is 3.41. The first-order chi connectivity index (χ1) is 7.99. The molecule has 1 aromatic carbocycles. The molecule has 0 radical (unpaired) electrons. The van der Waals surface area contributed by atoms with E-state index in [-0.39, 0.29) is 18.7 Å². The lowest BCUT2D eigenvalue weighted by molar-refractivity contribution is -0.137. The Kier molecular flexibility index (Phi) is 5.64. The monoisotopic (exact) mass is 363 g/mol. The fraction of sp³-hybridized carbons (Fsp3) is 0.273. The fourth-order valence-corrected chi connectivity index (χ4v) is 1.82. The molecular formula is C11H11Br2NO3. The van der Waals surface area contributed by atoms with Crippen LogP contribution in [0, 0.1) is 0 Å². The highest BCUT2D eigenvalue weighted by atomic mass is 79.9. The molecule has 0 aliphatic rings. The molecule has 0 aromatic heterocycles. The first kappa shape index (κ1) is 14.2. The number of carboxylic acid groups (broad SMARTS) is 1. The van der Waals surface area contributed by atoms with Gasteiger partial charge >= 0.3 is 5.97 Å². The smallest absolute Gasteiger partial charge is 0.303 e. The SMILES string of the molecule is O=C(O)CCCC(=O)Nc1ccc(Br)c(Br)c1. The van der Waals surface area contributed by atoms with Crippen LogP contribution in [-0.2, 0) is 9.59 Å². The Hall–Kier alpha value is -0.880. The first-order valence-electron chi connectivity index (χ1n) is 4.95. The minimum absolute atomic E-state index is 0.0114. The molecule has 4 nitrogen and oxygen atoms in total. The molecule has 1 amide bonds. The second-order valence-electron chi connectivity index (χ2n) is 3.42. The molecule has 0 saturated carbocycles. The number of halogens is 2. The third-order valence-corrected chi connectivity index (χ3v) is 3.88. The summed E-state index contributed by atoms with van der Waals surface area (Å²) in [5.41, 5.74) is 0.681. The van der Waals surface area contributed by atoms with Crippen molar-refractivity contribution in [1.82, 2.24) is 0 Å². The van der Waals surface area contributed by atoms with Gasteiger partial charge in [-0.1, -0.05) is 0 Å². The van der Waals surface area contributed by atoms with Crippen LogP contribution in [0.25, 0.3) is 0 Å². The zero-order chi connectivity index (χ0) is 12.8. The van der Waals surface area contributed by atoms with Crippen LogP contribution in [0.15, 0.2) is 27.1 Å². The molecule has 0 aliphatic carbocycles. The molecule has 0 heterocycles. The maximum Gasteiger partial charge on any atom is 0.303 e. The van der Waals surface area contributed by atoms with Gasteiger partial charge in [-0.2, -0.15) is 0 Å². The van der Waals surface area contributed by atoms with Crippen LogP contribution in [0.5, 0.6) is 0 Å². The lowest BCUT2D eigenvalue weighted by Crippen LogP contribution is -2.11. The van der Waals surface area contributed by atoms with Gasteiger partial charge in [0.05, 0.1) is 0 Å². The van der Waals surface area contributed by atoms with E-state index >= 15 is 0 Å². The van der Waals surface area contributed by atoms with Gasteiger partial charge in [0.25, 0.3) is 0 Å². The number of anilines is 1. The molecule has 92 valence electrons. The molecule has 0 spiro atoms. The second kappa shape index (κ2) is 6.76. The summed E-state index contributed by atoms with van der Waals surface area (Å²) >= 11 is 6.66. The zero-order valence-corrected chi connectivity index (χ0v) is 12.0. The van der Waals surface area contributed by atoms with Crippen molar-refractivity contribution < 1.29 is 14.7 Å². The van der Waals surface area contributed by atoms with E-state index in [1.165, 1.54) is 0 Å². The minimum Gasteiger partial charge on any atom is -0.481 e. The average Bonchev–Trinajstić information content (AvgIpc) is 2.23.